The van der Waals surface area contributed by atoms with Crippen LogP contribution in [-0.2, 0) is 10.0 Å². The van der Waals surface area contributed by atoms with E-state index in [-0.39, 0.29) is 12.4 Å². The summed E-state index contributed by atoms with van der Waals surface area (Å²) in [5, 5.41) is 3.37. The van der Waals surface area contributed by atoms with Crippen molar-refractivity contribution in [2.45, 2.75) is 31.7 Å². The van der Waals surface area contributed by atoms with E-state index in [1.807, 2.05) is 0 Å². The first kappa shape index (κ1) is 14.2. The van der Waals surface area contributed by atoms with Crippen LogP contribution in [0.4, 0.5) is 0 Å². The SMILES string of the molecule is CS(=O)(=O)NCCC1CCCCN1.Cl. The highest BCUT2D eigenvalue weighted by Crippen LogP contribution is 2.09. The molecule has 0 aliphatic carbocycles. The van der Waals surface area contributed by atoms with E-state index in [0.29, 0.717) is 12.6 Å². The molecular weight excluding hydrogens is 224 g/mol. The van der Waals surface area contributed by atoms with Crippen LogP contribution in [0.2, 0.25) is 0 Å². The molecule has 0 bridgehead atoms. The molecule has 86 valence electrons. The maximum Gasteiger partial charge on any atom is 0.208 e. The number of nitrogens with one attached hydrogen (secondary N) is 2. The predicted octanol–water partition coefficient (Wildman–Crippen LogP) is 0.490. The molecule has 1 saturated heterocycles. The summed E-state index contributed by atoms with van der Waals surface area (Å²) in [6.45, 7) is 1.63. The number of sulfonamides is 1. The summed E-state index contributed by atoms with van der Waals surface area (Å²) in [5.74, 6) is 0. The molecule has 0 aromatic carbocycles. The van der Waals surface area contributed by atoms with Crippen molar-refractivity contribution in [3.8, 4) is 0 Å². The molecule has 6 heteroatoms. The third-order valence-corrected chi connectivity index (χ3v) is 3.00. The zero-order chi connectivity index (χ0) is 9.73. The fourth-order valence-corrected chi connectivity index (χ4v) is 2.08. The summed E-state index contributed by atoms with van der Waals surface area (Å²) in [7, 11) is -3.00. The average molecular weight is 243 g/mol. The normalized spacial score (nSPS) is 22.8. The summed E-state index contributed by atoms with van der Waals surface area (Å²) in [4.78, 5) is 0. The molecule has 0 amide bonds. The van der Waals surface area contributed by atoms with E-state index in [0.717, 1.165) is 13.0 Å². The van der Waals surface area contributed by atoms with Gasteiger partial charge in [0.1, 0.15) is 0 Å². The van der Waals surface area contributed by atoms with Gasteiger partial charge in [-0.2, -0.15) is 0 Å². The molecule has 1 unspecified atom stereocenters. The van der Waals surface area contributed by atoms with Crippen LogP contribution in [-0.4, -0.2) is 33.8 Å². The van der Waals surface area contributed by atoms with Crippen LogP contribution >= 0.6 is 12.4 Å². The molecular formula is C8H19ClN2O2S. The fraction of sp³-hybridized carbons (Fsp3) is 1.00. The molecule has 2 N–H and O–H groups in total. The van der Waals surface area contributed by atoms with E-state index < -0.39 is 10.0 Å². The van der Waals surface area contributed by atoms with Gasteiger partial charge in [-0.05, 0) is 25.8 Å². The topological polar surface area (TPSA) is 58.2 Å². The molecule has 1 heterocycles. The maximum absolute atomic E-state index is 10.7. The monoisotopic (exact) mass is 242 g/mol. The van der Waals surface area contributed by atoms with Crippen molar-refractivity contribution in [1.82, 2.24) is 10.0 Å². The molecule has 4 nitrogen and oxygen atoms in total. The Bertz CT molecular complexity index is 238. The second kappa shape index (κ2) is 6.61. The van der Waals surface area contributed by atoms with Gasteiger partial charge in [0.05, 0.1) is 6.26 Å². The lowest BCUT2D eigenvalue weighted by Crippen LogP contribution is -2.37. The van der Waals surface area contributed by atoms with Crippen LogP contribution < -0.4 is 10.0 Å². The van der Waals surface area contributed by atoms with Gasteiger partial charge >= 0.3 is 0 Å². The molecule has 0 spiro atoms. The third kappa shape index (κ3) is 6.59. The lowest BCUT2D eigenvalue weighted by Gasteiger charge is -2.23. The standard InChI is InChI=1S/C8H18N2O2S.ClH/c1-13(11,12)10-7-5-8-4-2-3-6-9-8;/h8-10H,2-7H2,1H3;1H. The zero-order valence-corrected chi connectivity index (χ0v) is 10.1. The van der Waals surface area contributed by atoms with E-state index in [2.05, 4.69) is 10.0 Å². The first-order valence-electron chi connectivity index (χ1n) is 4.76. The summed E-state index contributed by atoms with van der Waals surface area (Å²) in [5.41, 5.74) is 0. The Morgan fingerprint density at radius 1 is 1.43 bits per heavy atom. The average Bonchev–Trinajstić information content (AvgIpc) is 2.04. The molecule has 0 aromatic heterocycles. The molecule has 0 saturated carbocycles. The molecule has 1 fully saturated rings. The number of rotatable bonds is 4. The highest BCUT2D eigenvalue weighted by atomic mass is 35.5. The van der Waals surface area contributed by atoms with Gasteiger partial charge < -0.3 is 5.32 Å². The van der Waals surface area contributed by atoms with Crippen LogP contribution in [0.3, 0.4) is 0 Å². The van der Waals surface area contributed by atoms with Gasteiger partial charge in [-0.25, -0.2) is 13.1 Å². The molecule has 0 aromatic rings. The largest absolute Gasteiger partial charge is 0.314 e. The van der Waals surface area contributed by atoms with Gasteiger partial charge in [-0.3, -0.25) is 0 Å². The Morgan fingerprint density at radius 3 is 2.64 bits per heavy atom. The van der Waals surface area contributed by atoms with Crippen LogP contribution in [0.1, 0.15) is 25.7 Å². The van der Waals surface area contributed by atoms with Crippen LogP contribution in [0, 0.1) is 0 Å². The highest BCUT2D eigenvalue weighted by Gasteiger charge is 2.12. The van der Waals surface area contributed by atoms with E-state index in [9.17, 15) is 8.42 Å². The zero-order valence-electron chi connectivity index (χ0n) is 8.45. The van der Waals surface area contributed by atoms with Gasteiger partial charge in [-0.1, -0.05) is 6.42 Å². The van der Waals surface area contributed by atoms with Crippen molar-refractivity contribution >= 4 is 22.4 Å². The molecule has 1 rings (SSSR count). The molecule has 0 radical (unpaired) electrons. The lowest BCUT2D eigenvalue weighted by atomic mass is 10.0. The van der Waals surface area contributed by atoms with Crippen molar-refractivity contribution in [1.29, 1.82) is 0 Å². The van der Waals surface area contributed by atoms with E-state index in [4.69, 9.17) is 0 Å². The van der Waals surface area contributed by atoms with Gasteiger partial charge in [0, 0.05) is 12.6 Å². The number of hydrogen-bond acceptors (Lipinski definition) is 3. The quantitative estimate of drug-likeness (QED) is 0.755. The summed E-state index contributed by atoms with van der Waals surface area (Å²) in [6.07, 6.45) is 5.77. The van der Waals surface area contributed by atoms with Gasteiger partial charge in [0.15, 0.2) is 0 Å². The fourth-order valence-electron chi connectivity index (χ4n) is 1.59. The van der Waals surface area contributed by atoms with Gasteiger partial charge in [0.25, 0.3) is 0 Å². The number of piperidine rings is 1. The summed E-state index contributed by atoms with van der Waals surface area (Å²) < 4.78 is 24.0. The van der Waals surface area contributed by atoms with E-state index in [1.165, 1.54) is 25.5 Å². The summed E-state index contributed by atoms with van der Waals surface area (Å²) >= 11 is 0. The Balaban J connectivity index is 0.00000169. The van der Waals surface area contributed by atoms with Crippen molar-refractivity contribution in [3.63, 3.8) is 0 Å². The Morgan fingerprint density at radius 2 is 2.14 bits per heavy atom. The van der Waals surface area contributed by atoms with Crippen molar-refractivity contribution < 1.29 is 8.42 Å². The minimum atomic E-state index is -3.00. The van der Waals surface area contributed by atoms with Crippen molar-refractivity contribution in [3.05, 3.63) is 0 Å². The first-order chi connectivity index (χ1) is 6.08. The Kier molecular flexibility index (Phi) is 6.68. The third-order valence-electron chi connectivity index (χ3n) is 2.27. The second-order valence-corrected chi connectivity index (χ2v) is 5.44. The number of hydrogen-bond donors (Lipinski definition) is 2. The van der Waals surface area contributed by atoms with Gasteiger partial charge in [0.2, 0.25) is 10.0 Å². The minimum absolute atomic E-state index is 0. The minimum Gasteiger partial charge on any atom is -0.314 e. The second-order valence-electron chi connectivity index (χ2n) is 3.60. The van der Waals surface area contributed by atoms with Crippen LogP contribution in [0.25, 0.3) is 0 Å². The van der Waals surface area contributed by atoms with Crippen LogP contribution in [0.15, 0.2) is 0 Å². The molecule has 1 aliphatic rings. The van der Waals surface area contributed by atoms with E-state index in [1.54, 1.807) is 0 Å². The first-order valence-corrected chi connectivity index (χ1v) is 6.65. The van der Waals surface area contributed by atoms with Crippen LogP contribution in [0.5, 0.6) is 0 Å². The van der Waals surface area contributed by atoms with Crippen molar-refractivity contribution in [2.75, 3.05) is 19.3 Å². The number of halogens is 1. The van der Waals surface area contributed by atoms with E-state index >= 15 is 0 Å². The molecule has 14 heavy (non-hydrogen) atoms. The molecule has 1 atom stereocenters. The highest BCUT2D eigenvalue weighted by molar-refractivity contribution is 7.88. The lowest BCUT2D eigenvalue weighted by molar-refractivity contribution is 0.383. The maximum atomic E-state index is 10.7. The Hall–Kier alpha value is 0.160. The van der Waals surface area contributed by atoms with Gasteiger partial charge in [-0.15, -0.1) is 12.4 Å². The van der Waals surface area contributed by atoms with Crippen molar-refractivity contribution in [2.24, 2.45) is 0 Å². The molecule has 1 aliphatic heterocycles. The smallest absolute Gasteiger partial charge is 0.208 e. The predicted molar refractivity (Wildman–Crippen MR) is 60.4 cm³/mol. The Labute approximate surface area is 92.3 Å². The summed E-state index contributed by atoms with van der Waals surface area (Å²) in [6, 6.07) is 0.503.